The number of nitrogens with one attached hydrogen (secondary N) is 1. The minimum atomic E-state index is 0.908. The highest BCUT2D eigenvalue weighted by Gasteiger charge is 2.20. The third kappa shape index (κ3) is 2.46. The van der Waals surface area contributed by atoms with Crippen LogP contribution in [0.15, 0.2) is 18.3 Å². The zero-order chi connectivity index (χ0) is 11.4. The predicted octanol–water partition coefficient (Wildman–Crippen LogP) is 2.75. The van der Waals surface area contributed by atoms with Gasteiger partial charge in [-0.15, -0.1) is 0 Å². The summed E-state index contributed by atoms with van der Waals surface area (Å²) in [5.74, 6) is 1.86. The number of pyridine rings is 1. The normalized spacial score (nSPS) is 15.6. The number of aromatic nitrogens is 1. The fourth-order valence-corrected chi connectivity index (χ4v) is 2.16. The van der Waals surface area contributed by atoms with Crippen molar-refractivity contribution in [3.8, 4) is 0 Å². The topological polar surface area (TPSA) is 28.2 Å². The van der Waals surface area contributed by atoms with E-state index in [2.05, 4.69) is 34.3 Å². The standard InChI is InChI=1S/C13H21N3/c1-3-16(10-11-5-4-6-11)12-7-8-15-13(9-12)14-2/h7-9,11H,3-6,10H2,1-2H3,(H,14,15). The van der Waals surface area contributed by atoms with E-state index in [4.69, 9.17) is 0 Å². The second-order valence-corrected chi connectivity index (χ2v) is 4.48. The van der Waals surface area contributed by atoms with E-state index in [1.807, 2.05) is 13.2 Å². The molecule has 1 aliphatic carbocycles. The maximum absolute atomic E-state index is 4.25. The molecule has 3 nitrogen and oxygen atoms in total. The molecule has 1 saturated carbocycles. The van der Waals surface area contributed by atoms with Gasteiger partial charge in [-0.1, -0.05) is 6.42 Å². The summed E-state index contributed by atoms with van der Waals surface area (Å²) in [6.45, 7) is 4.49. The summed E-state index contributed by atoms with van der Waals surface area (Å²) in [5.41, 5.74) is 1.29. The van der Waals surface area contributed by atoms with Crippen molar-refractivity contribution >= 4 is 11.5 Å². The quantitative estimate of drug-likeness (QED) is 0.825. The van der Waals surface area contributed by atoms with Gasteiger partial charge in [0.1, 0.15) is 5.82 Å². The summed E-state index contributed by atoms with van der Waals surface area (Å²) >= 11 is 0. The van der Waals surface area contributed by atoms with Gasteiger partial charge in [-0.3, -0.25) is 0 Å². The number of nitrogens with zero attached hydrogens (tertiary/aromatic N) is 2. The summed E-state index contributed by atoms with van der Waals surface area (Å²) in [4.78, 5) is 6.70. The van der Waals surface area contributed by atoms with Crippen LogP contribution in [0.1, 0.15) is 26.2 Å². The SMILES string of the molecule is CCN(CC1CCC1)c1ccnc(NC)c1. The average Bonchev–Trinajstić information content (AvgIpc) is 2.28. The Kier molecular flexibility index (Phi) is 3.65. The highest BCUT2D eigenvalue weighted by atomic mass is 15.1. The van der Waals surface area contributed by atoms with Crippen LogP contribution in [-0.4, -0.2) is 25.1 Å². The van der Waals surface area contributed by atoms with E-state index in [0.29, 0.717) is 0 Å². The predicted molar refractivity (Wildman–Crippen MR) is 69.0 cm³/mol. The molecule has 0 saturated heterocycles. The Balaban J connectivity index is 2.05. The fraction of sp³-hybridized carbons (Fsp3) is 0.615. The maximum atomic E-state index is 4.25. The molecule has 0 aliphatic heterocycles. The number of hydrogen-bond acceptors (Lipinski definition) is 3. The van der Waals surface area contributed by atoms with Gasteiger partial charge in [0.05, 0.1) is 0 Å². The Bertz CT molecular complexity index is 334. The lowest BCUT2D eigenvalue weighted by molar-refractivity contribution is 0.318. The highest BCUT2D eigenvalue weighted by Crippen LogP contribution is 2.29. The molecule has 1 N–H and O–H groups in total. The van der Waals surface area contributed by atoms with Gasteiger partial charge in [-0.05, 0) is 31.7 Å². The molecule has 0 amide bonds. The van der Waals surface area contributed by atoms with Crippen LogP contribution in [0.2, 0.25) is 0 Å². The van der Waals surface area contributed by atoms with Crippen molar-refractivity contribution in [2.75, 3.05) is 30.4 Å². The van der Waals surface area contributed by atoms with Crippen molar-refractivity contribution in [2.24, 2.45) is 5.92 Å². The molecule has 1 heterocycles. The number of hydrogen-bond donors (Lipinski definition) is 1. The monoisotopic (exact) mass is 219 g/mol. The van der Waals surface area contributed by atoms with Gasteiger partial charge in [-0.2, -0.15) is 0 Å². The zero-order valence-corrected chi connectivity index (χ0v) is 10.2. The molecule has 1 aliphatic rings. The second-order valence-electron chi connectivity index (χ2n) is 4.48. The van der Waals surface area contributed by atoms with Gasteiger partial charge in [0.2, 0.25) is 0 Å². The summed E-state index contributed by atoms with van der Waals surface area (Å²) in [7, 11) is 1.91. The molecule has 0 spiro atoms. The summed E-state index contributed by atoms with van der Waals surface area (Å²) in [6, 6.07) is 4.23. The molecule has 0 atom stereocenters. The maximum Gasteiger partial charge on any atom is 0.127 e. The van der Waals surface area contributed by atoms with E-state index in [1.165, 1.54) is 31.5 Å². The van der Waals surface area contributed by atoms with Crippen LogP contribution in [0.5, 0.6) is 0 Å². The second kappa shape index (κ2) is 5.19. The summed E-state index contributed by atoms with van der Waals surface area (Å²) in [6.07, 6.45) is 6.10. The van der Waals surface area contributed by atoms with Gasteiger partial charge in [0, 0.05) is 38.1 Å². The molecular formula is C13H21N3. The van der Waals surface area contributed by atoms with Crippen LogP contribution in [0.4, 0.5) is 11.5 Å². The van der Waals surface area contributed by atoms with Gasteiger partial charge in [-0.25, -0.2) is 4.98 Å². The van der Waals surface area contributed by atoms with Gasteiger partial charge in [0.25, 0.3) is 0 Å². The minimum absolute atomic E-state index is 0.908. The molecule has 1 fully saturated rings. The fourth-order valence-electron chi connectivity index (χ4n) is 2.16. The molecule has 0 aromatic carbocycles. The van der Waals surface area contributed by atoms with Crippen molar-refractivity contribution in [3.05, 3.63) is 18.3 Å². The Labute approximate surface area is 97.9 Å². The van der Waals surface area contributed by atoms with E-state index < -0.39 is 0 Å². The lowest BCUT2D eigenvalue weighted by Crippen LogP contribution is -2.32. The summed E-state index contributed by atoms with van der Waals surface area (Å²) < 4.78 is 0. The zero-order valence-electron chi connectivity index (χ0n) is 10.2. The first-order valence-electron chi connectivity index (χ1n) is 6.22. The molecule has 1 aromatic heterocycles. The highest BCUT2D eigenvalue weighted by molar-refractivity contribution is 5.53. The Morgan fingerprint density at radius 1 is 1.50 bits per heavy atom. The molecule has 88 valence electrons. The third-order valence-corrected chi connectivity index (χ3v) is 3.45. The van der Waals surface area contributed by atoms with Crippen LogP contribution in [0.3, 0.4) is 0 Å². The lowest BCUT2D eigenvalue weighted by atomic mass is 9.85. The molecule has 0 bridgehead atoms. The Morgan fingerprint density at radius 2 is 2.31 bits per heavy atom. The Morgan fingerprint density at radius 3 is 2.88 bits per heavy atom. The van der Waals surface area contributed by atoms with Crippen molar-refractivity contribution in [3.63, 3.8) is 0 Å². The first kappa shape index (κ1) is 11.2. The first-order chi connectivity index (χ1) is 7.83. The third-order valence-electron chi connectivity index (χ3n) is 3.45. The summed E-state index contributed by atoms with van der Waals surface area (Å²) in [5, 5.41) is 3.09. The molecular weight excluding hydrogens is 198 g/mol. The van der Waals surface area contributed by atoms with Crippen LogP contribution in [0, 0.1) is 5.92 Å². The van der Waals surface area contributed by atoms with E-state index >= 15 is 0 Å². The van der Waals surface area contributed by atoms with E-state index in [9.17, 15) is 0 Å². The van der Waals surface area contributed by atoms with E-state index in [0.717, 1.165) is 18.3 Å². The van der Waals surface area contributed by atoms with Gasteiger partial charge in [0.15, 0.2) is 0 Å². The average molecular weight is 219 g/mol. The molecule has 1 aromatic rings. The van der Waals surface area contributed by atoms with Crippen molar-refractivity contribution < 1.29 is 0 Å². The molecule has 0 unspecified atom stereocenters. The molecule has 16 heavy (non-hydrogen) atoms. The number of anilines is 2. The minimum Gasteiger partial charge on any atom is -0.373 e. The van der Waals surface area contributed by atoms with Gasteiger partial charge >= 0.3 is 0 Å². The van der Waals surface area contributed by atoms with E-state index in [1.54, 1.807) is 0 Å². The molecule has 2 rings (SSSR count). The largest absolute Gasteiger partial charge is 0.373 e. The molecule has 3 heteroatoms. The lowest BCUT2D eigenvalue weighted by Gasteiger charge is -2.33. The van der Waals surface area contributed by atoms with Crippen molar-refractivity contribution in [1.29, 1.82) is 0 Å². The first-order valence-corrected chi connectivity index (χ1v) is 6.22. The Hall–Kier alpha value is -1.25. The van der Waals surface area contributed by atoms with Crippen LogP contribution in [-0.2, 0) is 0 Å². The number of rotatable bonds is 5. The van der Waals surface area contributed by atoms with E-state index in [-0.39, 0.29) is 0 Å². The smallest absolute Gasteiger partial charge is 0.127 e. The molecule has 0 radical (unpaired) electrons. The van der Waals surface area contributed by atoms with Crippen LogP contribution in [0.25, 0.3) is 0 Å². The van der Waals surface area contributed by atoms with Crippen LogP contribution >= 0.6 is 0 Å². The van der Waals surface area contributed by atoms with Crippen molar-refractivity contribution in [2.45, 2.75) is 26.2 Å². The van der Waals surface area contributed by atoms with Gasteiger partial charge < -0.3 is 10.2 Å². The van der Waals surface area contributed by atoms with Crippen LogP contribution < -0.4 is 10.2 Å². The van der Waals surface area contributed by atoms with Crippen molar-refractivity contribution in [1.82, 2.24) is 4.98 Å².